The average molecular weight is 242 g/mol. The number of carboxylic acid groups (broad SMARTS) is 1. The van der Waals surface area contributed by atoms with E-state index in [1.165, 1.54) is 0 Å². The fraction of sp³-hybridized carbons (Fsp3) is 0.133. The first-order chi connectivity index (χ1) is 8.70. The molecule has 3 nitrogen and oxygen atoms in total. The molecule has 0 aromatic heterocycles. The molecule has 0 saturated carbocycles. The van der Waals surface area contributed by atoms with Gasteiger partial charge in [-0.15, -0.1) is 0 Å². The van der Waals surface area contributed by atoms with Crippen LogP contribution in [-0.4, -0.2) is 17.1 Å². The summed E-state index contributed by atoms with van der Waals surface area (Å²) in [5, 5.41) is 8.52. The summed E-state index contributed by atoms with van der Waals surface area (Å²) in [6, 6.07) is 21.0. The van der Waals surface area contributed by atoms with Gasteiger partial charge in [0.05, 0.1) is 0 Å². The maximum atomic E-state index is 10.4. The third-order valence-corrected chi connectivity index (χ3v) is 2.22. The molecule has 0 aliphatic carbocycles. The maximum absolute atomic E-state index is 10.4. The van der Waals surface area contributed by atoms with Gasteiger partial charge in [-0.1, -0.05) is 60.7 Å². The molecule has 2 aromatic carbocycles. The van der Waals surface area contributed by atoms with E-state index in [0.29, 0.717) is 6.42 Å². The second kappa shape index (κ2) is 8.03. The van der Waals surface area contributed by atoms with Crippen LogP contribution in [0, 0.1) is 6.07 Å². The first-order valence-corrected chi connectivity index (χ1v) is 5.63. The first kappa shape index (κ1) is 13.9. The number of nitrogens with two attached hydrogens (primary N) is 1. The highest BCUT2D eigenvalue weighted by molar-refractivity contribution is 5.73. The summed E-state index contributed by atoms with van der Waals surface area (Å²) in [5.41, 5.74) is 6.30. The SMILES string of the molecule is N[C@@H](Cc1ccccc1)C(=O)O.[c]1ccccc1. The second-order valence-corrected chi connectivity index (χ2v) is 3.71. The van der Waals surface area contributed by atoms with Crippen molar-refractivity contribution in [1.29, 1.82) is 0 Å². The molecule has 0 aliphatic heterocycles. The van der Waals surface area contributed by atoms with Gasteiger partial charge in [-0.25, -0.2) is 0 Å². The molecule has 93 valence electrons. The lowest BCUT2D eigenvalue weighted by Gasteiger charge is -2.04. The molecule has 0 heterocycles. The van der Waals surface area contributed by atoms with Crippen molar-refractivity contribution in [3.8, 4) is 0 Å². The topological polar surface area (TPSA) is 63.3 Å². The molecule has 1 radical (unpaired) electrons. The number of carbonyl (C=O) groups is 1. The molecular weight excluding hydrogens is 226 g/mol. The fourth-order valence-electron chi connectivity index (χ4n) is 1.30. The lowest BCUT2D eigenvalue weighted by molar-refractivity contribution is -0.138. The molecule has 0 saturated heterocycles. The molecule has 3 N–H and O–H groups in total. The summed E-state index contributed by atoms with van der Waals surface area (Å²) >= 11 is 0. The van der Waals surface area contributed by atoms with Crippen molar-refractivity contribution in [3.63, 3.8) is 0 Å². The molecule has 0 aliphatic rings. The zero-order valence-electron chi connectivity index (χ0n) is 9.99. The van der Waals surface area contributed by atoms with Gasteiger partial charge in [-0.2, -0.15) is 0 Å². The predicted octanol–water partition coefficient (Wildman–Crippen LogP) is 2.13. The summed E-state index contributed by atoms with van der Waals surface area (Å²) in [6.45, 7) is 0. The lowest BCUT2D eigenvalue weighted by atomic mass is 10.1. The zero-order chi connectivity index (χ0) is 13.2. The third-order valence-electron chi connectivity index (χ3n) is 2.22. The standard InChI is InChI=1S/C9H11NO2.C6H5/c10-8(9(11)12)6-7-4-2-1-3-5-7;1-2-4-6-5-3-1/h1-5,8H,6,10H2,(H,11,12);1-5H/t8-;/m0./s1. The predicted molar refractivity (Wildman–Crippen MR) is 71.0 cm³/mol. The van der Waals surface area contributed by atoms with Crippen molar-refractivity contribution in [3.05, 3.63) is 72.3 Å². The van der Waals surface area contributed by atoms with Gasteiger partial charge in [-0.05, 0) is 18.1 Å². The van der Waals surface area contributed by atoms with Gasteiger partial charge in [0.25, 0.3) is 0 Å². The summed E-state index contributed by atoms with van der Waals surface area (Å²) in [7, 11) is 0. The molecule has 2 rings (SSSR count). The Balaban J connectivity index is 0.000000225. The normalized spacial score (nSPS) is 10.9. The van der Waals surface area contributed by atoms with E-state index in [-0.39, 0.29) is 0 Å². The highest BCUT2D eigenvalue weighted by Crippen LogP contribution is 2.01. The van der Waals surface area contributed by atoms with Crippen molar-refractivity contribution in [1.82, 2.24) is 0 Å². The number of benzene rings is 2. The zero-order valence-corrected chi connectivity index (χ0v) is 9.99. The van der Waals surface area contributed by atoms with E-state index in [1.807, 2.05) is 60.7 Å². The lowest BCUT2D eigenvalue weighted by Crippen LogP contribution is -2.32. The Hall–Kier alpha value is -2.13. The van der Waals surface area contributed by atoms with E-state index >= 15 is 0 Å². The molecule has 1 atom stereocenters. The number of carboxylic acids is 1. The van der Waals surface area contributed by atoms with E-state index in [9.17, 15) is 4.79 Å². The quantitative estimate of drug-likeness (QED) is 0.866. The summed E-state index contributed by atoms with van der Waals surface area (Å²) in [4.78, 5) is 10.4. The Morgan fingerprint density at radius 2 is 1.67 bits per heavy atom. The molecule has 3 heteroatoms. The van der Waals surface area contributed by atoms with Crippen LogP contribution in [0.5, 0.6) is 0 Å². The average Bonchev–Trinajstić information content (AvgIpc) is 2.42. The van der Waals surface area contributed by atoms with E-state index in [2.05, 4.69) is 6.07 Å². The van der Waals surface area contributed by atoms with Gasteiger partial charge < -0.3 is 10.8 Å². The van der Waals surface area contributed by atoms with Gasteiger partial charge >= 0.3 is 5.97 Å². The van der Waals surface area contributed by atoms with Crippen LogP contribution in [0.1, 0.15) is 5.56 Å². The van der Waals surface area contributed by atoms with Crippen LogP contribution in [0.2, 0.25) is 0 Å². The van der Waals surface area contributed by atoms with Gasteiger partial charge in [0.15, 0.2) is 0 Å². The molecule has 2 aromatic rings. The van der Waals surface area contributed by atoms with Crippen molar-refractivity contribution in [2.45, 2.75) is 12.5 Å². The summed E-state index contributed by atoms with van der Waals surface area (Å²) in [5.74, 6) is -0.959. The minimum atomic E-state index is -0.959. The molecule has 0 unspecified atom stereocenters. The van der Waals surface area contributed by atoms with Gasteiger partial charge in [0, 0.05) is 0 Å². The Kier molecular flexibility index (Phi) is 6.22. The van der Waals surface area contributed by atoms with Crippen LogP contribution in [-0.2, 0) is 11.2 Å². The van der Waals surface area contributed by atoms with Crippen molar-refractivity contribution in [2.75, 3.05) is 0 Å². The van der Waals surface area contributed by atoms with Crippen molar-refractivity contribution in [2.24, 2.45) is 5.73 Å². The molecule has 0 fully saturated rings. The van der Waals surface area contributed by atoms with Crippen molar-refractivity contribution >= 4 is 5.97 Å². The van der Waals surface area contributed by atoms with Gasteiger partial charge in [0.2, 0.25) is 0 Å². The Labute approximate surface area is 107 Å². The smallest absolute Gasteiger partial charge is 0.320 e. The number of aliphatic carboxylic acids is 1. The van der Waals surface area contributed by atoms with Crippen LogP contribution < -0.4 is 5.73 Å². The highest BCUT2D eigenvalue weighted by atomic mass is 16.4. The van der Waals surface area contributed by atoms with Gasteiger partial charge in [-0.3, -0.25) is 4.79 Å². The van der Waals surface area contributed by atoms with E-state index in [0.717, 1.165) is 5.56 Å². The van der Waals surface area contributed by atoms with E-state index in [1.54, 1.807) is 0 Å². The van der Waals surface area contributed by atoms with Crippen molar-refractivity contribution < 1.29 is 9.90 Å². The molecule has 0 spiro atoms. The number of rotatable bonds is 3. The molecular formula is C15H16NO2. The van der Waals surface area contributed by atoms with Crippen LogP contribution in [0.15, 0.2) is 60.7 Å². The Morgan fingerprint density at radius 1 is 1.11 bits per heavy atom. The maximum Gasteiger partial charge on any atom is 0.320 e. The molecule has 18 heavy (non-hydrogen) atoms. The van der Waals surface area contributed by atoms with E-state index < -0.39 is 12.0 Å². The largest absolute Gasteiger partial charge is 0.480 e. The minimum absolute atomic E-state index is 0.385. The first-order valence-electron chi connectivity index (χ1n) is 5.63. The van der Waals surface area contributed by atoms with Crippen LogP contribution in [0.25, 0.3) is 0 Å². The molecule has 0 amide bonds. The van der Waals surface area contributed by atoms with Crippen LogP contribution >= 0.6 is 0 Å². The highest BCUT2D eigenvalue weighted by Gasteiger charge is 2.10. The minimum Gasteiger partial charge on any atom is -0.480 e. The summed E-state index contributed by atoms with van der Waals surface area (Å²) < 4.78 is 0. The van der Waals surface area contributed by atoms with E-state index in [4.69, 9.17) is 10.8 Å². The second-order valence-electron chi connectivity index (χ2n) is 3.71. The Bertz CT molecular complexity index is 416. The van der Waals surface area contributed by atoms with Crippen LogP contribution in [0.3, 0.4) is 0 Å². The van der Waals surface area contributed by atoms with Gasteiger partial charge in [0.1, 0.15) is 6.04 Å². The fourth-order valence-corrected chi connectivity index (χ4v) is 1.30. The Morgan fingerprint density at radius 3 is 2.06 bits per heavy atom. The number of hydrogen-bond donors (Lipinski definition) is 2. The number of hydrogen-bond acceptors (Lipinski definition) is 2. The van der Waals surface area contributed by atoms with Crippen LogP contribution in [0.4, 0.5) is 0 Å². The third kappa shape index (κ3) is 5.82. The summed E-state index contributed by atoms with van der Waals surface area (Å²) in [6.07, 6.45) is 0.385. The molecule has 0 bridgehead atoms. The monoisotopic (exact) mass is 242 g/mol.